The molecule has 1 N–H and O–H groups in total. The number of amides is 2. The van der Waals surface area contributed by atoms with Gasteiger partial charge in [-0.25, -0.2) is 14.8 Å². The van der Waals surface area contributed by atoms with Crippen molar-refractivity contribution in [2.75, 3.05) is 10.2 Å². The lowest BCUT2D eigenvalue weighted by atomic mass is 10.1. The van der Waals surface area contributed by atoms with E-state index in [2.05, 4.69) is 20.4 Å². The maximum Gasteiger partial charge on any atom is 0.350 e. The minimum absolute atomic E-state index is 0.0895. The van der Waals surface area contributed by atoms with Crippen molar-refractivity contribution < 1.29 is 19.1 Å². The second-order valence-corrected chi connectivity index (χ2v) is 8.95. The van der Waals surface area contributed by atoms with Crippen LogP contribution in [0.2, 0.25) is 0 Å². The Kier molecular flexibility index (Phi) is 8.27. The molecular weight excluding hydrogens is 470 g/mol. The maximum atomic E-state index is 12.8. The molecule has 0 fully saturated rings. The first-order valence-corrected chi connectivity index (χ1v) is 11.6. The first-order chi connectivity index (χ1) is 16.7. The molecule has 0 aliphatic carbocycles. The standard InChI is InChI=1S/C23H25N7O4S/c1-14(2)34-22(33)21-15(3)26-23(35-21)28-20(32)10-17(8-9-24)30(13-31)19-7-5-6-18(27-19)16-11-25-29(4)12-16/h5-7,11-14,17H,8,10H2,1-4H3,(H,26,28,32)/t17-/m0/s1. The van der Waals surface area contributed by atoms with Crippen LogP contribution in [-0.2, 0) is 21.4 Å². The molecule has 3 heterocycles. The summed E-state index contributed by atoms with van der Waals surface area (Å²) >= 11 is 1.00. The molecule has 0 saturated carbocycles. The van der Waals surface area contributed by atoms with Gasteiger partial charge in [0.15, 0.2) is 5.13 Å². The number of aryl methyl sites for hydroxylation is 2. The van der Waals surface area contributed by atoms with Crippen molar-refractivity contribution >= 4 is 40.6 Å². The first-order valence-electron chi connectivity index (χ1n) is 10.8. The average Bonchev–Trinajstić information content (AvgIpc) is 3.39. The number of rotatable bonds is 10. The molecule has 35 heavy (non-hydrogen) atoms. The van der Waals surface area contributed by atoms with E-state index < -0.39 is 17.9 Å². The van der Waals surface area contributed by atoms with Crippen molar-refractivity contribution in [1.29, 1.82) is 5.26 Å². The maximum absolute atomic E-state index is 12.8. The van der Waals surface area contributed by atoms with Crippen LogP contribution in [0.15, 0.2) is 30.6 Å². The summed E-state index contributed by atoms with van der Waals surface area (Å²) in [6.07, 6.45) is 3.45. The fourth-order valence-electron chi connectivity index (χ4n) is 3.27. The lowest BCUT2D eigenvalue weighted by Crippen LogP contribution is -2.37. The number of anilines is 2. The highest BCUT2D eigenvalue weighted by Gasteiger charge is 2.25. The van der Waals surface area contributed by atoms with Crippen LogP contribution in [0.4, 0.5) is 10.9 Å². The third kappa shape index (κ3) is 6.48. The lowest BCUT2D eigenvalue weighted by molar-refractivity contribution is -0.116. The van der Waals surface area contributed by atoms with Crippen LogP contribution in [0.1, 0.15) is 42.1 Å². The Bertz CT molecular complexity index is 1260. The molecule has 3 aromatic rings. The number of thiazole rings is 1. The van der Waals surface area contributed by atoms with Crippen molar-refractivity contribution in [3.05, 3.63) is 41.2 Å². The van der Waals surface area contributed by atoms with Gasteiger partial charge in [0.2, 0.25) is 12.3 Å². The van der Waals surface area contributed by atoms with Gasteiger partial charge in [-0.2, -0.15) is 10.4 Å². The molecule has 0 aromatic carbocycles. The molecule has 0 aliphatic heterocycles. The highest BCUT2D eigenvalue weighted by molar-refractivity contribution is 7.17. The molecule has 0 unspecified atom stereocenters. The number of nitrogens with zero attached hydrogens (tertiary/aromatic N) is 6. The van der Waals surface area contributed by atoms with E-state index in [9.17, 15) is 19.6 Å². The van der Waals surface area contributed by atoms with Crippen LogP contribution in [0.5, 0.6) is 0 Å². The molecule has 12 heteroatoms. The van der Waals surface area contributed by atoms with E-state index in [4.69, 9.17) is 4.74 Å². The molecule has 0 bridgehead atoms. The summed E-state index contributed by atoms with van der Waals surface area (Å²) in [6.45, 7) is 5.13. The Hall–Kier alpha value is -4.11. The van der Waals surface area contributed by atoms with Crippen LogP contribution in [0.25, 0.3) is 11.3 Å². The smallest absolute Gasteiger partial charge is 0.350 e. The molecule has 0 aliphatic rings. The van der Waals surface area contributed by atoms with Gasteiger partial charge in [0.05, 0.1) is 42.2 Å². The number of ether oxygens (including phenoxy) is 1. The van der Waals surface area contributed by atoms with Gasteiger partial charge >= 0.3 is 5.97 Å². The summed E-state index contributed by atoms with van der Waals surface area (Å²) in [4.78, 5) is 47.3. The van der Waals surface area contributed by atoms with Crippen LogP contribution in [0, 0.1) is 18.3 Å². The summed E-state index contributed by atoms with van der Waals surface area (Å²) in [7, 11) is 1.78. The highest BCUT2D eigenvalue weighted by Crippen LogP contribution is 2.25. The van der Waals surface area contributed by atoms with Crippen LogP contribution >= 0.6 is 11.3 Å². The summed E-state index contributed by atoms with van der Waals surface area (Å²) in [5.41, 5.74) is 1.80. The zero-order chi connectivity index (χ0) is 25.5. The molecule has 1 atom stereocenters. The Balaban J connectivity index is 1.76. The van der Waals surface area contributed by atoms with E-state index in [0.29, 0.717) is 28.5 Å². The molecular formula is C23H25N7O4S. The zero-order valence-corrected chi connectivity index (χ0v) is 20.6. The predicted molar refractivity (Wildman–Crippen MR) is 130 cm³/mol. The topological polar surface area (TPSA) is 143 Å². The van der Waals surface area contributed by atoms with Crippen LogP contribution < -0.4 is 10.2 Å². The van der Waals surface area contributed by atoms with Gasteiger partial charge in [-0.15, -0.1) is 0 Å². The zero-order valence-electron chi connectivity index (χ0n) is 19.8. The second kappa shape index (κ2) is 11.3. The van der Waals surface area contributed by atoms with Gasteiger partial charge in [0.1, 0.15) is 10.7 Å². The molecule has 0 saturated heterocycles. The molecule has 3 rings (SSSR count). The normalized spacial score (nSPS) is 11.5. The van der Waals surface area contributed by atoms with Crippen molar-refractivity contribution in [2.45, 2.75) is 45.8 Å². The van der Waals surface area contributed by atoms with Crippen molar-refractivity contribution in [2.24, 2.45) is 7.05 Å². The number of carbonyl (C=O) groups is 3. The number of hydrogen-bond donors (Lipinski definition) is 1. The number of pyridine rings is 1. The van der Waals surface area contributed by atoms with Gasteiger partial charge in [-0.1, -0.05) is 17.4 Å². The average molecular weight is 496 g/mol. The van der Waals surface area contributed by atoms with Crippen LogP contribution in [-0.4, -0.2) is 50.2 Å². The molecule has 11 nitrogen and oxygen atoms in total. The Labute approximate surface area is 206 Å². The van der Waals surface area contributed by atoms with Gasteiger partial charge in [0, 0.05) is 25.2 Å². The fourth-order valence-corrected chi connectivity index (χ4v) is 4.14. The van der Waals surface area contributed by atoms with Gasteiger partial charge < -0.3 is 10.1 Å². The second-order valence-electron chi connectivity index (χ2n) is 7.95. The Morgan fingerprint density at radius 1 is 1.34 bits per heavy atom. The molecule has 3 aromatic heterocycles. The first kappa shape index (κ1) is 25.5. The van der Waals surface area contributed by atoms with Gasteiger partial charge in [-0.05, 0) is 32.9 Å². The minimum atomic E-state index is -0.763. The number of carbonyl (C=O) groups excluding carboxylic acids is 3. The van der Waals surface area contributed by atoms with Crippen molar-refractivity contribution in [3.8, 4) is 17.3 Å². The van der Waals surface area contributed by atoms with Crippen molar-refractivity contribution in [1.82, 2.24) is 19.7 Å². The number of nitriles is 1. The number of nitrogens with one attached hydrogen (secondary N) is 1. The number of esters is 1. The van der Waals surface area contributed by atoms with E-state index in [1.54, 1.807) is 63.1 Å². The summed E-state index contributed by atoms with van der Waals surface area (Å²) in [5.74, 6) is -0.666. The quantitative estimate of drug-likeness (QED) is 0.334. The third-order valence-electron chi connectivity index (χ3n) is 4.83. The SMILES string of the molecule is Cc1nc(NC(=O)C[C@H](CC#N)N(C=O)c2cccc(-c3cnn(C)c3)n2)sc1C(=O)OC(C)C. The van der Waals surface area contributed by atoms with E-state index in [1.165, 1.54) is 4.90 Å². The van der Waals surface area contributed by atoms with Gasteiger partial charge in [0.25, 0.3) is 0 Å². The van der Waals surface area contributed by atoms with Gasteiger partial charge in [-0.3, -0.25) is 19.2 Å². The monoisotopic (exact) mass is 495 g/mol. The van der Waals surface area contributed by atoms with E-state index in [0.717, 1.165) is 16.9 Å². The summed E-state index contributed by atoms with van der Waals surface area (Å²) < 4.78 is 6.83. The summed E-state index contributed by atoms with van der Waals surface area (Å²) in [5, 5.41) is 16.3. The van der Waals surface area contributed by atoms with E-state index >= 15 is 0 Å². The predicted octanol–water partition coefficient (Wildman–Crippen LogP) is 3.09. The largest absolute Gasteiger partial charge is 0.459 e. The Morgan fingerprint density at radius 2 is 2.11 bits per heavy atom. The molecule has 2 amide bonds. The van der Waals surface area contributed by atoms with Crippen molar-refractivity contribution in [3.63, 3.8) is 0 Å². The van der Waals surface area contributed by atoms with E-state index in [-0.39, 0.29) is 24.1 Å². The van der Waals surface area contributed by atoms with E-state index in [1.807, 2.05) is 6.07 Å². The third-order valence-corrected chi connectivity index (χ3v) is 5.88. The van der Waals surface area contributed by atoms with Crippen LogP contribution in [0.3, 0.4) is 0 Å². The lowest BCUT2D eigenvalue weighted by Gasteiger charge is -2.25. The number of hydrogen-bond acceptors (Lipinski definition) is 9. The fraction of sp³-hybridized carbons (Fsp3) is 0.348. The summed E-state index contributed by atoms with van der Waals surface area (Å²) in [6, 6.07) is 6.41. The molecule has 182 valence electrons. The highest BCUT2D eigenvalue weighted by atomic mass is 32.1. The molecule has 0 radical (unpaired) electrons. The minimum Gasteiger partial charge on any atom is -0.459 e. The molecule has 0 spiro atoms. The Morgan fingerprint density at radius 3 is 2.74 bits per heavy atom. The number of aromatic nitrogens is 4.